The van der Waals surface area contributed by atoms with Gasteiger partial charge in [-0.2, -0.15) is 0 Å². The van der Waals surface area contributed by atoms with E-state index in [1.54, 1.807) is 14.2 Å². The Morgan fingerprint density at radius 2 is 2.05 bits per heavy atom. The molecule has 1 aromatic rings. The molecule has 1 saturated carbocycles. The molecule has 1 fully saturated rings. The van der Waals surface area contributed by atoms with Crippen LogP contribution in [0.2, 0.25) is 0 Å². The number of nitrogens with zero attached hydrogens (tertiary/aromatic N) is 2. The first-order valence-corrected chi connectivity index (χ1v) is 8.47. The van der Waals surface area contributed by atoms with Crippen LogP contribution in [0.15, 0.2) is 0 Å². The second kappa shape index (κ2) is 8.68. The summed E-state index contributed by atoms with van der Waals surface area (Å²) in [6.07, 6.45) is 3.62. The predicted octanol–water partition coefficient (Wildman–Crippen LogP) is 2.23. The summed E-state index contributed by atoms with van der Waals surface area (Å²) >= 11 is 1.82. The highest BCUT2D eigenvalue weighted by Crippen LogP contribution is 2.44. The van der Waals surface area contributed by atoms with Crippen LogP contribution in [0.5, 0.6) is 0 Å². The molecule has 1 aliphatic carbocycles. The van der Waals surface area contributed by atoms with Crippen LogP contribution in [0.1, 0.15) is 35.8 Å². The van der Waals surface area contributed by atoms with Crippen molar-refractivity contribution in [3.63, 3.8) is 0 Å². The number of aromatic nitrogens is 1. The van der Waals surface area contributed by atoms with E-state index in [9.17, 15) is 0 Å². The number of hydrogen-bond donors (Lipinski definition) is 1. The number of thiazole rings is 1. The molecule has 1 aliphatic rings. The minimum Gasteiger partial charge on any atom is -0.385 e. The van der Waals surface area contributed by atoms with Crippen molar-refractivity contribution in [2.45, 2.75) is 31.7 Å². The molecule has 1 aromatic heterocycles. The van der Waals surface area contributed by atoms with Crippen LogP contribution >= 0.6 is 11.3 Å². The molecular weight excluding hydrogens is 286 g/mol. The standard InChI is InChI=1S/C15H27N3O2S/c1-18(8-4-9-19-2)15-17-14(12-5-6-12)13(21-15)11-16-7-10-20-3/h12,16H,4-11H2,1-3H3. The number of rotatable bonds is 11. The zero-order chi connectivity index (χ0) is 15.1. The van der Waals surface area contributed by atoms with Crippen molar-refractivity contribution in [3.8, 4) is 0 Å². The van der Waals surface area contributed by atoms with Gasteiger partial charge in [0.05, 0.1) is 12.3 Å². The highest BCUT2D eigenvalue weighted by atomic mass is 32.1. The Hall–Kier alpha value is -0.690. The lowest BCUT2D eigenvalue weighted by Gasteiger charge is -2.14. The van der Waals surface area contributed by atoms with Gasteiger partial charge in [-0.15, -0.1) is 11.3 Å². The van der Waals surface area contributed by atoms with Crippen molar-refractivity contribution in [2.24, 2.45) is 0 Å². The van der Waals surface area contributed by atoms with E-state index in [1.165, 1.54) is 23.4 Å². The summed E-state index contributed by atoms with van der Waals surface area (Å²) in [4.78, 5) is 8.52. The number of methoxy groups -OCH3 is 2. The zero-order valence-corrected chi connectivity index (χ0v) is 14.2. The second-order valence-corrected chi connectivity index (χ2v) is 6.58. The Morgan fingerprint density at radius 1 is 1.29 bits per heavy atom. The monoisotopic (exact) mass is 313 g/mol. The first-order valence-electron chi connectivity index (χ1n) is 7.65. The van der Waals surface area contributed by atoms with E-state index in [4.69, 9.17) is 14.5 Å². The van der Waals surface area contributed by atoms with Gasteiger partial charge in [0.2, 0.25) is 0 Å². The fourth-order valence-corrected chi connectivity index (χ4v) is 3.34. The Labute approximate surface area is 131 Å². The third kappa shape index (κ3) is 5.21. The number of ether oxygens (including phenoxy) is 2. The van der Waals surface area contributed by atoms with Gasteiger partial charge in [0.25, 0.3) is 0 Å². The molecule has 0 bridgehead atoms. The Bertz CT molecular complexity index is 421. The van der Waals surface area contributed by atoms with E-state index >= 15 is 0 Å². The molecule has 0 aromatic carbocycles. The Balaban J connectivity index is 1.92. The maximum atomic E-state index is 5.12. The maximum absolute atomic E-state index is 5.12. The third-order valence-electron chi connectivity index (χ3n) is 3.62. The van der Waals surface area contributed by atoms with E-state index in [1.807, 2.05) is 11.3 Å². The highest BCUT2D eigenvalue weighted by Gasteiger charge is 2.30. The normalized spacial score (nSPS) is 14.6. The molecule has 6 heteroatoms. The van der Waals surface area contributed by atoms with Gasteiger partial charge in [-0.25, -0.2) is 4.98 Å². The lowest BCUT2D eigenvalue weighted by atomic mass is 10.2. The van der Waals surface area contributed by atoms with Crippen LogP contribution in [0.25, 0.3) is 0 Å². The van der Waals surface area contributed by atoms with Gasteiger partial charge < -0.3 is 19.7 Å². The first kappa shape index (κ1) is 16.7. The van der Waals surface area contributed by atoms with Crippen LogP contribution in [0, 0.1) is 0 Å². The van der Waals surface area contributed by atoms with Gasteiger partial charge in [0.15, 0.2) is 5.13 Å². The fourth-order valence-electron chi connectivity index (χ4n) is 2.23. The van der Waals surface area contributed by atoms with Gasteiger partial charge in [0, 0.05) is 58.3 Å². The highest BCUT2D eigenvalue weighted by molar-refractivity contribution is 7.15. The van der Waals surface area contributed by atoms with Crippen molar-refractivity contribution >= 4 is 16.5 Å². The van der Waals surface area contributed by atoms with Gasteiger partial charge in [-0.3, -0.25) is 0 Å². The van der Waals surface area contributed by atoms with Crippen LogP contribution < -0.4 is 10.2 Å². The minimum atomic E-state index is 0.696. The van der Waals surface area contributed by atoms with Crippen molar-refractivity contribution in [1.82, 2.24) is 10.3 Å². The predicted molar refractivity (Wildman–Crippen MR) is 87.4 cm³/mol. The summed E-state index contributed by atoms with van der Waals surface area (Å²) in [6, 6.07) is 0. The molecule has 5 nitrogen and oxygen atoms in total. The molecule has 21 heavy (non-hydrogen) atoms. The topological polar surface area (TPSA) is 46.6 Å². The maximum Gasteiger partial charge on any atom is 0.185 e. The molecule has 0 aliphatic heterocycles. The van der Waals surface area contributed by atoms with E-state index in [-0.39, 0.29) is 0 Å². The van der Waals surface area contributed by atoms with Crippen molar-refractivity contribution in [3.05, 3.63) is 10.6 Å². The molecule has 0 saturated heterocycles. The van der Waals surface area contributed by atoms with Gasteiger partial charge in [-0.1, -0.05) is 0 Å². The second-order valence-electron chi connectivity index (χ2n) is 5.52. The molecule has 0 amide bonds. The summed E-state index contributed by atoms with van der Waals surface area (Å²) in [5.74, 6) is 0.696. The van der Waals surface area contributed by atoms with Gasteiger partial charge in [0.1, 0.15) is 0 Å². The Morgan fingerprint density at radius 3 is 2.71 bits per heavy atom. The zero-order valence-electron chi connectivity index (χ0n) is 13.4. The molecule has 0 spiro atoms. The van der Waals surface area contributed by atoms with E-state index in [0.29, 0.717) is 5.92 Å². The first-order chi connectivity index (χ1) is 10.3. The average molecular weight is 313 g/mol. The smallest absolute Gasteiger partial charge is 0.185 e. The fraction of sp³-hybridized carbons (Fsp3) is 0.800. The summed E-state index contributed by atoms with van der Waals surface area (Å²) in [5, 5.41) is 4.57. The molecule has 0 unspecified atom stereocenters. The van der Waals surface area contributed by atoms with Crippen molar-refractivity contribution in [2.75, 3.05) is 52.5 Å². The van der Waals surface area contributed by atoms with Crippen molar-refractivity contribution < 1.29 is 9.47 Å². The molecule has 0 atom stereocenters. The number of anilines is 1. The van der Waals surface area contributed by atoms with E-state index in [2.05, 4.69) is 17.3 Å². The van der Waals surface area contributed by atoms with Crippen LogP contribution in [-0.2, 0) is 16.0 Å². The Kier molecular flexibility index (Phi) is 6.89. The quantitative estimate of drug-likeness (QED) is 0.635. The van der Waals surface area contributed by atoms with Crippen LogP contribution in [-0.4, -0.2) is 52.6 Å². The summed E-state index contributed by atoms with van der Waals surface area (Å²) in [5.41, 5.74) is 1.32. The van der Waals surface area contributed by atoms with Crippen LogP contribution in [0.3, 0.4) is 0 Å². The summed E-state index contributed by atoms with van der Waals surface area (Å²) in [6.45, 7) is 4.33. The van der Waals surface area contributed by atoms with E-state index in [0.717, 1.165) is 44.4 Å². The van der Waals surface area contributed by atoms with Gasteiger partial charge >= 0.3 is 0 Å². The van der Waals surface area contributed by atoms with Crippen LogP contribution in [0.4, 0.5) is 5.13 Å². The summed E-state index contributed by atoms with van der Waals surface area (Å²) in [7, 11) is 5.60. The molecule has 120 valence electrons. The lowest BCUT2D eigenvalue weighted by molar-refractivity contribution is 0.196. The molecular formula is C15H27N3O2S. The molecule has 2 rings (SSSR count). The summed E-state index contributed by atoms with van der Waals surface area (Å²) < 4.78 is 10.2. The van der Waals surface area contributed by atoms with Crippen molar-refractivity contribution in [1.29, 1.82) is 0 Å². The molecule has 1 heterocycles. The van der Waals surface area contributed by atoms with E-state index < -0.39 is 0 Å². The lowest BCUT2D eigenvalue weighted by Crippen LogP contribution is -2.19. The molecule has 0 radical (unpaired) electrons. The molecule has 1 N–H and O–H groups in total. The SMILES string of the molecule is COCCCN(C)c1nc(C2CC2)c(CNCCOC)s1. The largest absolute Gasteiger partial charge is 0.385 e. The third-order valence-corrected chi connectivity index (χ3v) is 4.80. The number of nitrogens with one attached hydrogen (secondary N) is 1. The van der Waals surface area contributed by atoms with Gasteiger partial charge in [-0.05, 0) is 19.3 Å². The average Bonchev–Trinajstić information content (AvgIpc) is 3.24. The minimum absolute atomic E-state index is 0.696. The number of hydrogen-bond acceptors (Lipinski definition) is 6.